The molecular formula is C12H19NO3S. The number of anilines is 1. The fourth-order valence-electron chi connectivity index (χ4n) is 1.37. The van der Waals surface area contributed by atoms with Crippen molar-refractivity contribution in [3.05, 3.63) is 24.3 Å². The quantitative estimate of drug-likeness (QED) is 0.852. The third-order valence-corrected chi connectivity index (χ3v) is 3.46. The molecule has 1 N–H and O–H groups in total. The van der Waals surface area contributed by atoms with E-state index in [1.54, 1.807) is 24.3 Å². The van der Waals surface area contributed by atoms with Gasteiger partial charge in [0.15, 0.2) is 0 Å². The Morgan fingerprint density at radius 2 is 1.82 bits per heavy atom. The van der Waals surface area contributed by atoms with Crippen LogP contribution in [-0.4, -0.2) is 20.3 Å². The van der Waals surface area contributed by atoms with Gasteiger partial charge < -0.3 is 4.74 Å². The molecule has 1 aromatic carbocycles. The SMILES string of the molecule is CCCS(=O)(=O)Nc1ccc(OC(C)C)cc1. The van der Waals surface area contributed by atoms with Gasteiger partial charge in [-0.2, -0.15) is 0 Å². The van der Waals surface area contributed by atoms with Gasteiger partial charge in [-0.25, -0.2) is 8.42 Å². The fraction of sp³-hybridized carbons (Fsp3) is 0.500. The molecular weight excluding hydrogens is 238 g/mol. The molecule has 0 saturated heterocycles. The van der Waals surface area contributed by atoms with Crippen molar-refractivity contribution in [1.82, 2.24) is 0 Å². The van der Waals surface area contributed by atoms with Gasteiger partial charge in [0.25, 0.3) is 0 Å². The molecule has 0 saturated carbocycles. The lowest BCUT2D eigenvalue weighted by Gasteiger charge is -2.11. The molecule has 0 aliphatic rings. The highest BCUT2D eigenvalue weighted by Crippen LogP contribution is 2.17. The lowest BCUT2D eigenvalue weighted by Crippen LogP contribution is -2.16. The van der Waals surface area contributed by atoms with E-state index in [0.29, 0.717) is 12.1 Å². The van der Waals surface area contributed by atoms with E-state index >= 15 is 0 Å². The second-order valence-corrected chi connectivity index (χ2v) is 5.95. The maximum atomic E-state index is 11.5. The first-order valence-electron chi connectivity index (χ1n) is 5.70. The lowest BCUT2D eigenvalue weighted by molar-refractivity contribution is 0.242. The van der Waals surface area contributed by atoms with Crippen molar-refractivity contribution >= 4 is 15.7 Å². The van der Waals surface area contributed by atoms with Crippen LogP contribution in [0.25, 0.3) is 0 Å². The summed E-state index contributed by atoms with van der Waals surface area (Å²) in [5.41, 5.74) is 0.564. The third-order valence-electron chi connectivity index (χ3n) is 1.97. The summed E-state index contributed by atoms with van der Waals surface area (Å²) >= 11 is 0. The van der Waals surface area contributed by atoms with Crippen LogP contribution >= 0.6 is 0 Å². The van der Waals surface area contributed by atoms with Crippen molar-refractivity contribution in [1.29, 1.82) is 0 Å². The number of benzene rings is 1. The molecule has 0 heterocycles. The van der Waals surface area contributed by atoms with E-state index in [0.717, 1.165) is 5.75 Å². The summed E-state index contributed by atoms with van der Waals surface area (Å²) in [6.45, 7) is 5.72. The molecule has 4 nitrogen and oxygen atoms in total. The summed E-state index contributed by atoms with van der Waals surface area (Å²) in [7, 11) is -3.21. The number of nitrogens with one attached hydrogen (secondary N) is 1. The molecule has 0 aliphatic heterocycles. The minimum atomic E-state index is -3.21. The van der Waals surface area contributed by atoms with Crippen LogP contribution in [-0.2, 0) is 10.0 Å². The van der Waals surface area contributed by atoms with E-state index < -0.39 is 10.0 Å². The minimum absolute atomic E-state index is 0.109. The predicted molar refractivity (Wildman–Crippen MR) is 69.9 cm³/mol. The molecule has 0 amide bonds. The number of hydrogen-bond donors (Lipinski definition) is 1. The molecule has 0 radical (unpaired) electrons. The first kappa shape index (κ1) is 13.8. The van der Waals surface area contributed by atoms with E-state index in [9.17, 15) is 8.42 Å². The summed E-state index contributed by atoms with van der Waals surface area (Å²) in [6, 6.07) is 6.91. The van der Waals surface area contributed by atoms with Gasteiger partial charge in [-0.05, 0) is 44.5 Å². The van der Waals surface area contributed by atoms with Gasteiger partial charge in [-0.3, -0.25) is 4.72 Å². The number of ether oxygens (including phenoxy) is 1. The molecule has 17 heavy (non-hydrogen) atoms. The molecule has 1 rings (SSSR count). The Bertz CT molecular complexity index is 437. The fourth-order valence-corrected chi connectivity index (χ4v) is 2.51. The van der Waals surface area contributed by atoms with Gasteiger partial charge in [0.2, 0.25) is 10.0 Å². The van der Waals surface area contributed by atoms with E-state index in [-0.39, 0.29) is 11.9 Å². The second kappa shape index (κ2) is 5.91. The van der Waals surface area contributed by atoms with E-state index in [2.05, 4.69) is 4.72 Å². The highest BCUT2D eigenvalue weighted by Gasteiger charge is 2.08. The molecule has 96 valence electrons. The second-order valence-electron chi connectivity index (χ2n) is 4.11. The topological polar surface area (TPSA) is 55.4 Å². The zero-order valence-corrected chi connectivity index (χ0v) is 11.3. The monoisotopic (exact) mass is 257 g/mol. The maximum absolute atomic E-state index is 11.5. The molecule has 0 aromatic heterocycles. The Hall–Kier alpha value is -1.23. The van der Waals surface area contributed by atoms with Crippen molar-refractivity contribution in [2.24, 2.45) is 0 Å². The molecule has 5 heteroatoms. The Balaban J connectivity index is 2.68. The average molecular weight is 257 g/mol. The van der Waals surface area contributed by atoms with E-state index in [4.69, 9.17) is 4.74 Å². The van der Waals surface area contributed by atoms with Crippen molar-refractivity contribution in [3.63, 3.8) is 0 Å². The molecule has 0 fully saturated rings. The van der Waals surface area contributed by atoms with Gasteiger partial charge in [-0.1, -0.05) is 6.92 Å². The average Bonchev–Trinajstić information content (AvgIpc) is 2.19. The van der Waals surface area contributed by atoms with Gasteiger partial charge in [0, 0.05) is 5.69 Å². The smallest absolute Gasteiger partial charge is 0.232 e. The Morgan fingerprint density at radius 1 is 1.24 bits per heavy atom. The number of hydrogen-bond acceptors (Lipinski definition) is 3. The normalized spacial score (nSPS) is 11.5. The van der Waals surface area contributed by atoms with Gasteiger partial charge >= 0.3 is 0 Å². The van der Waals surface area contributed by atoms with Gasteiger partial charge in [0.05, 0.1) is 11.9 Å². The highest BCUT2D eigenvalue weighted by molar-refractivity contribution is 7.92. The first-order chi connectivity index (χ1) is 7.93. The molecule has 0 aliphatic carbocycles. The lowest BCUT2D eigenvalue weighted by atomic mass is 10.3. The van der Waals surface area contributed by atoms with Crippen molar-refractivity contribution < 1.29 is 13.2 Å². The summed E-state index contributed by atoms with van der Waals surface area (Å²) in [5.74, 6) is 0.871. The first-order valence-corrected chi connectivity index (χ1v) is 7.35. The van der Waals surface area contributed by atoms with Crippen LogP contribution in [0.15, 0.2) is 24.3 Å². The minimum Gasteiger partial charge on any atom is -0.491 e. The van der Waals surface area contributed by atoms with Crippen LogP contribution in [0.5, 0.6) is 5.75 Å². The molecule has 1 aromatic rings. The van der Waals surface area contributed by atoms with Crippen LogP contribution < -0.4 is 9.46 Å². The zero-order chi connectivity index (χ0) is 12.9. The summed E-state index contributed by atoms with van der Waals surface area (Å²) in [5, 5.41) is 0. The van der Waals surface area contributed by atoms with Crippen LogP contribution in [0.2, 0.25) is 0 Å². The van der Waals surface area contributed by atoms with Crippen molar-refractivity contribution in [2.75, 3.05) is 10.5 Å². The largest absolute Gasteiger partial charge is 0.491 e. The molecule has 0 unspecified atom stereocenters. The maximum Gasteiger partial charge on any atom is 0.232 e. The Morgan fingerprint density at radius 3 is 2.29 bits per heavy atom. The van der Waals surface area contributed by atoms with Crippen molar-refractivity contribution in [2.45, 2.75) is 33.3 Å². The zero-order valence-electron chi connectivity index (χ0n) is 10.4. The van der Waals surface area contributed by atoms with Crippen LogP contribution in [0.3, 0.4) is 0 Å². The highest BCUT2D eigenvalue weighted by atomic mass is 32.2. The van der Waals surface area contributed by atoms with Crippen LogP contribution in [0.4, 0.5) is 5.69 Å². The summed E-state index contributed by atoms with van der Waals surface area (Å²) in [6.07, 6.45) is 0.710. The Kier molecular flexibility index (Phi) is 4.81. The number of rotatable bonds is 6. The summed E-state index contributed by atoms with van der Waals surface area (Å²) in [4.78, 5) is 0. The summed E-state index contributed by atoms with van der Waals surface area (Å²) < 4.78 is 31.0. The van der Waals surface area contributed by atoms with E-state index in [1.807, 2.05) is 20.8 Å². The van der Waals surface area contributed by atoms with E-state index in [1.165, 1.54) is 0 Å². The Labute approximate surface area is 103 Å². The van der Waals surface area contributed by atoms with Gasteiger partial charge in [0.1, 0.15) is 5.75 Å². The molecule has 0 atom stereocenters. The number of sulfonamides is 1. The third kappa shape index (κ3) is 5.08. The molecule has 0 bridgehead atoms. The van der Waals surface area contributed by atoms with Crippen LogP contribution in [0.1, 0.15) is 27.2 Å². The van der Waals surface area contributed by atoms with Crippen molar-refractivity contribution in [3.8, 4) is 5.75 Å². The predicted octanol–water partition coefficient (Wildman–Crippen LogP) is 2.63. The van der Waals surface area contributed by atoms with Gasteiger partial charge in [-0.15, -0.1) is 0 Å². The van der Waals surface area contributed by atoms with Crippen LogP contribution in [0, 0.1) is 0 Å². The standard InChI is InChI=1S/C12H19NO3S/c1-4-9-17(14,15)13-11-5-7-12(8-6-11)16-10(2)3/h5-8,10,13H,4,9H2,1-3H3. The molecule has 0 spiro atoms.